The first-order valence-corrected chi connectivity index (χ1v) is 6.57. The van der Waals surface area contributed by atoms with E-state index in [1.165, 1.54) is 18.2 Å². The highest BCUT2D eigenvalue weighted by atomic mass is 16.6. The summed E-state index contributed by atoms with van der Waals surface area (Å²) in [7, 11) is 0. The van der Waals surface area contributed by atoms with Gasteiger partial charge in [0.05, 0.1) is 4.92 Å². The van der Waals surface area contributed by atoms with Gasteiger partial charge in [-0.1, -0.05) is 13.0 Å². The molecular formula is C14H19N3O4. The van der Waals surface area contributed by atoms with Gasteiger partial charge in [-0.15, -0.1) is 6.58 Å². The first-order chi connectivity index (χ1) is 10.1. The van der Waals surface area contributed by atoms with E-state index in [9.17, 15) is 14.9 Å². The summed E-state index contributed by atoms with van der Waals surface area (Å²) in [5.41, 5.74) is 0.633. The molecule has 0 fully saturated rings. The molecule has 0 saturated heterocycles. The molecule has 114 valence electrons. The Hall–Kier alpha value is -2.41. The van der Waals surface area contributed by atoms with Gasteiger partial charge in [0.25, 0.3) is 11.6 Å². The summed E-state index contributed by atoms with van der Waals surface area (Å²) in [4.78, 5) is 21.8. The van der Waals surface area contributed by atoms with Crippen LogP contribution in [0.1, 0.15) is 12.5 Å². The maximum atomic E-state index is 11.5. The second kappa shape index (κ2) is 8.70. The van der Waals surface area contributed by atoms with Crippen LogP contribution < -0.4 is 15.4 Å². The molecule has 7 heteroatoms. The number of benzene rings is 1. The second-order valence-electron chi connectivity index (χ2n) is 4.21. The van der Waals surface area contributed by atoms with Gasteiger partial charge >= 0.3 is 0 Å². The lowest BCUT2D eigenvalue weighted by atomic mass is 10.1. The zero-order valence-electron chi connectivity index (χ0n) is 11.9. The van der Waals surface area contributed by atoms with Crippen LogP contribution in [-0.4, -0.2) is 30.5 Å². The monoisotopic (exact) mass is 293 g/mol. The minimum atomic E-state index is -0.462. The molecule has 1 aromatic rings. The number of carbonyl (C=O) groups excluding carboxylic acids is 1. The predicted octanol–water partition coefficient (Wildman–Crippen LogP) is 1.39. The molecule has 0 atom stereocenters. The van der Waals surface area contributed by atoms with E-state index in [-0.39, 0.29) is 18.2 Å². The fraction of sp³-hybridized carbons (Fsp3) is 0.357. The molecule has 0 heterocycles. The van der Waals surface area contributed by atoms with Gasteiger partial charge in [0.15, 0.2) is 6.61 Å². The minimum Gasteiger partial charge on any atom is -0.483 e. The molecule has 7 nitrogen and oxygen atoms in total. The highest BCUT2D eigenvalue weighted by molar-refractivity contribution is 5.77. The zero-order chi connectivity index (χ0) is 15.7. The highest BCUT2D eigenvalue weighted by Crippen LogP contribution is 2.24. The maximum Gasteiger partial charge on any atom is 0.270 e. The second-order valence-corrected chi connectivity index (χ2v) is 4.21. The van der Waals surface area contributed by atoms with Crippen LogP contribution in [-0.2, 0) is 11.3 Å². The number of ether oxygens (including phenoxy) is 1. The number of rotatable bonds is 9. The van der Waals surface area contributed by atoms with Gasteiger partial charge in [-0.25, -0.2) is 0 Å². The van der Waals surface area contributed by atoms with E-state index in [0.717, 1.165) is 6.54 Å². The maximum absolute atomic E-state index is 11.5. The molecule has 0 bridgehead atoms. The van der Waals surface area contributed by atoms with Crippen molar-refractivity contribution in [3.05, 3.63) is 46.5 Å². The van der Waals surface area contributed by atoms with Crippen LogP contribution in [0.2, 0.25) is 0 Å². The minimum absolute atomic E-state index is 0.00800. The Kier molecular flexibility index (Phi) is 6.90. The first kappa shape index (κ1) is 16.6. The summed E-state index contributed by atoms with van der Waals surface area (Å²) in [6.07, 6.45) is 1.57. The molecule has 0 radical (unpaired) electrons. The number of nitrogens with one attached hydrogen (secondary N) is 2. The Morgan fingerprint density at radius 3 is 2.90 bits per heavy atom. The van der Waals surface area contributed by atoms with Crippen molar-refractivity contribution in [2.24, 2.45) is 0 Å². The third-order valence-corrected chi connectivity index (χ3v) is 2.62. The third kappa shape index (κ3) is 5.62. The van der Waals surface area contributed by atoms with E-state index in [4.69, 9.17) is 4.74 Å². The molecule has 21 heavy (non-hydrogen) atoms. The van der Waals surface area contributed by atoms with Gasteiger partial charge in [0.1, 0.15) is 5.75 Å². The Morgan fingerprint density at radius 1 is 1.52 bits per heavy atom. The summed E-state index contributed by atoms with van der Waals surface area (Å²) >= 11 is 0. The van der Waals surface area contributed by atoms with E-state index in [1.54, 1.807) is 6.08 Å². The van der Waals surface area contributed by atoms with E-state index in [2.05, 4.69) is 17.2 Å². The molecule has 1 rings (SSSR count). The van der Waals surface area contributed by atoms with Gasteiger partial charge < -0.3 is 15.4 Å². The van der Waals surface area contributed by atoms with E-state index < -0.39 is 4.92 Å². The van der Waals surface area contributed by atoms with Crippen LogP contribution in [0.3, 0.4) is 0 Å². The largest absolute Gasteiger partial charge is 0.483 e. The molecule has 0 spiro atoms. The summed E-state index contributed by atoms with van der Waals surface area (Å²) in [5, 5.41) is 16.5. The quantitative estimate of drug-likeness (QED) is 0.407. The van der Waals surface area contributed by atoms with Crippen LogP contribution >= 0.6 is 0 Å². The zero-order valence-corrected chi connectivity index (χ0v) is 11.9. The average Bonchev–Trinajstić information content (AvgIpc) is 2.48. The van der Waals surface area contributed by atoms with Crippen molar-refractivity contribution in [2.45, 2.75) is 13.5 Å². The Labute approximate surface area is 123 Å². The molecule has 0 aliphatic carbocycles. The average molecular weight is 293 g/mol. The van der Waals surface area contributed by atoms with Crippen LogP contribution in [0.5, 0.6) is 5.75 Å². The Bertz CT molecular complexity index is 517. The lowest BCUT2D eigenvalue weighted by Gasteiger charge is -2.11. The lowest BCUT2D eigenvalue weighted by molar-refractivity contribution is -0.384. The van der Waals surface area contributed by atoms with Gasteiger partial charge in [0, 0.05) is 30.8 Å². The molecule has 0 aliphatic rings. The number of hydrogen-bond acceptors (Lipinski definition) is 5. The molecule has 1 amide bonds. The standard InChI is InChI=1S/C14H19N3O4/c1-3-7-16-14(18)10-21-13-6-5-12(17(19)20)8-11(13)9-15-4-2/h3,5-6,8,15H,1,4,7,9-10H2,2H3,(H,16,18). The van der Waals surface area contributed by atoms with Gasteiger partial charge in [-0.3, -0.25) is 14.9 Å². The van der Waals surface area contributed by atoms with Gasteiger partial charge in [-0.05, 0) is 12.6 Å². The topological polar surface area (TPSA) is 93.5 Å². The SMILES string of the molecule is C=CCNC(=O)COc1ccc([N+](=O)[O-])cc1CNCC. The highest BCUT2D eigenvalue weighted by Gasteiger charge is 2.12. The van der Waals surface area contributed by atoms with E-state index >= 15 is 0 Å². The molecule has 0 saturated carbocycles. The number of non-ortho nitro benzene ring substituents is 1. The summed E-state index contributed by atoms with van der Waals surface area (Å²) in [6.45, 7) is 6.80. The fourth-order valence-electron chi connectivity index (χ4n) is 1.60. The fourth-order valence-corrected chi connectivity index (χ4v) is 1.60. The molecule has 0 aromatic heterocycles. The lowest BCUT2D eigenvalue weighted by Crippen LogP contribution is -2.29. The molecular weight excluding hydrogens is 274 g/mol. The van der Waals surface area contributed by atoms with Crippen molar-refractivity contribution < 1.29 is 14.5 Å². The number of nitrogens with zero attached hydrogens (tertiary/aromatic N) is 1. The molecule has 2 N–H and O–H groups in total. The molecule has 0 unspecified atom stereocenters. The molecule has 0 aliphatic heterocycles. The number of nitro benzene ring substituents is 1. The van der Waals surface area contributed by atoms with Crippen LogP contribution in [0, 0.1) is 10.1 Å². The first-order valence-electron chi connectivity index (χ1n) is 6.57. The summed E-state index contributed by atoms with van der Waals surface area (Å²) in [5.74, 6) is 0.179. The number of carbonyl (C=O) groups is 1. The van der Waals surface area contributed by atoms with Crippen molar-refractivity contribution in [1.82, 2.24) is 10.6 Å². The summed E-state index contributed by atoms with van der Waals surface area (Å²) in [6, 6.07) is 4.30. The van der Waals surface area contributed by atoms with Crippen molar-refractivity contribution in [2.75, 3.05) is 19.7 Å². The Morgan fingerprint density at radius 2 is 2.29 bits per heavy atom. The van der Waals surface area contributed by atoms with E-state index in [0.29, 0.717) is 24.4 Å². The van der Waals surface area contributed by atoms with Crippen molar-refractivity contribution in [1.29, 1.82) is 0 Å². The number of amides is 1. The Balaban J connectivity index is 2.76. The summed E-state index contributed by atoms with van der Waals surface area (Å²) < 4.78 is 5.42. The number of hydrogen-bond donors (Lipinski definition) is 2. The van der Waals surface area contributed by atoms with Gasteiger partial charge in [-0.2, -0.15) is 0 Å². The van der Waals surface area contributed by atoms with Crippen LogP contribution in [0.25, 0.3) is 0 Å². The smallest absolute Gasteiger partial charge is 0.270 e. The van der Waals surface area contributed by atoms with Crippen LogP contribution in [0.4, 0.5) is 5.69 Å². The van der Waals surface area contributed by atoms with Crippen LogP contribution in [0.15, 0.2) is 30.9 Å². The van der Waals surface area contributed by atoms with Gasteiger partial charge in [0.2, 0.25) is 0 Å². The van der Waals surface area contributed by atoms with E-state index in [1.807, 2.05) is 6.92 Å². The predicted molar refractivity (Wildman–Crippen MR) is 79.2 cm³/mol. The van der Waals surface area contributed by atoms with Crippen molar-refractivity contribution in [3.8, 4) is 5.75 Å². The number of nitro groups is 1. The van der Waals surface area contributed by atoms with Crippen molar-refractivity contribution >= 4 is 11.6 Å². The normalized spacial score (nSPS) is 9.95. The van der Waals surface area contributed by atoms with Crippen molar-refractivity contribution in [3.63, 3.8) is 0 Å². The third-order valence-electron chi connectivity index (χ3n) is 2.62. The molecule has 1 aromatic carbocycles.